The smallest absolute Gasteiger partial charge is 0.251 e. The summed E-state index contributed by atoms with van der Waals surface area (Å²) in [6.07, 6.45) is 0.932. The lowest BCUT2D eigenvalue weighted by atomic mass is 10.0. The number of rotatable bonds is 7. The Morgan fingerprint density at radius 2 is 1.77 bits per heavy atom. The predicted octanol–water partition coefficient (Wildman–Crippen LogP) is 4.58. The molecule has 4 aromatic rings. The Balaban J connectivity index is 1.48. The van der Waals surface area contributed by atoms with Crippen LogP contribution in [0.3, 0.4) is 0 Å². The molecule has 3 aromatic carbocycles. The molecule has 2 N–H and O–H groups in total. The van der Waals surface area contributed by atoms with Crippen LogP contribution in [0.25, 0.3) is 33.3 Å². The zero-order chi connectivity index (χ0) is 20.9. The zero-order valence-corrected chi connectivity index (χ0v) is 17.4. The van der Waals surface area contributed by atoms with Crippen molar-refractivity contribution in [3.63, 3.8) is 0 Å². The third kappa shape index (κ3) is 4.42. The Kier molecular flexibility index (Phi) is 5.91. The summed E-state index contributed by atoms with van der Waals surface area (Å²) in [5.74, 6) is -0.0428. The molecule has 0 saturated carbocycles. The van der Waals surface area contributed by atoms with E-state index < -0.39 is 0 Å². The van der Waals surface area contributed by atoms with Crippen LogP contribution in [0.4, 0.5) is 0 Å². The van der Waals surface area contributed by atoms with Crippen molar-refractivity contribution >= 4 is 16.7 Å². The quantitative estimate of drug-likeness (QED) is 0.448. The van der Waals surface area contributed by atoms with Crippen molar-refractivity contribution in [2.24, 2.45) is 0 Å². The van der Waals surface area contributed by atoms with E-state index >= 15 is 0 Å². The molecule has 0 radical (unpaired) electrons. The summed E-state index contributed by atoms with van der Waals surface area (Å²) in [4.78, 5) is 14.4. The molecule has 0 aliphatic carbocycles. The molecule has 0 aliphatic heterocycles. The number of hydrogen-bond acceptors (Lipinski definition) is 3. The van der Waals surface area contributed by atoms with Crippen LogP contribution in [-0.2, 0) is 0 Å². The maximum Gasteiger partial charge on any atom is 0.251 e. The van der Waals surface area contributed by atoms with Gasteiger partial charge in [-0.25, -0.2) is 0 Å². The van der Waals surface area contributed by atoms with Crippen molar-refractivity contribution in [2.45, 2.75) is 6.42 Å². The molecule has 0 unspecified atom stereocenters. The lowest BCUT2D eigenvalue weighted by Gasteiger charge is -2.10. The molecule has 0 bridgehead atoms. The van der Waals surface area contributed by atoms with Gasteiger partial charge in [0, 0.05) is 23.2 Å². The number of nitrogens with zero attached hydrogens (tertiary/aromatic N) is 2. The van der Waals surface area contributed by atoms with Crippen molar-refractivity contribution in [3.05, 3.63) is 78.4 Å². The van der Waals surface area contributed by atoms with Gasteiger partial charge in [-0.2, -0.15) is 5.10 Å². The van der Waals surface area contributed by atoms with Crippen molar-refractivity contribution in [2.75, 3.05) is 27.2 Å². The number of H-pyrrole nitrogens is 1. The van der Waals surface area contributed by atoms with Crippen LogP contribution in [-0.4, -0.2) is 48.2 Å². The van der Waals surface area contributed by atoms with E-state index in [2.05, 4.69) is 56.8 Å². The van der Waals surface area contributed by atoms with E-state index in [1.54, 1.807) is 0 Å². The Morgan fingerprint density at radius 3 is 2.57 bits per heavy atom. The second-order valence-electron chi connectivity index (χ2n) is 7.68. The number of amides is 1. The fraction of sp³-hybridized carbons (Fsp3) is 0.200. The number of carbonyl (C=O) groups excluding carboxylic acids is 1. The Morgan fingerprint density at radius 1 is 1.00 bits per heavy atom. The van der Waals surface area contributed by atoms with Gasteiger partial charge in [0.15, 0.2) is 0 Å². The molecular weight excluding hydrogens is 372 g/mol. The molecule has 0 saturated heterocycles. The first-order valence-electron chi connectivity index (χ1n) is 10.2. The second-order valence-corrected chi connectivity index (χ2v) is 7.68. The molecule has 1 aromatic heterocycles. The lowest BCUT2D eigenvalue weighted by molar-refractivity contribution is 0.0952. The second kappa shape index (κ2) is 8.93. The zero-order valence-electron chi connectivity index (χ0n) is 17.4. The number of aromatic nitrogens is 2. The summed E-state index contributed by atoms with van der Waals surface area (Å²) in [5, 5.41) is 13.0. The van der Waals surface area contributed by atoms with Crippen molar-refractivity contribution < 1.29 is 4.79 Å². The summed E-state index contributed by atoms with van der Waals surface area (Å²) in [7, 11) is 4.06. The van der Waals surface area contributed by atoms with E-state index in [4.69, 9.17) is 0 Å². The monoisotopic (exact) mass is 398 g/mol. The van der Waals surface area contributed by atoms with Gasteiger partial charge in [0.1, 0.15) is 0 Å². The maximum absolute atomic E-state index is 12.3. The molecule has 0 spiro atoms. The molecule has 0 atom stereocenters. The van der Waals surface area contributed by atoms with Gasteiger partial charge in [-0.3, -0.25) is 9.89 Å². The molecule has 152 valence electrons. The number of aromatic amines is 1. The summed E-state index contributed by atoms with van der Waals surface area (Å²) in [5.41, 5.74) is 4.59. The molecule has 5 nitrogen and oxygen atoms in total. The number of carbonyl (C=O) groups is 1. The minimum Gasteiger partial charge on any atom is -0.352 e. The summed E-state index contributed by atoms with van der Waals surface area (Å²) in [6, 6.07) is 24.2. The fourth-order valence-electron chi connectivity index (χ4n) is 3.56. The van der Waals surface area contributed by atoms with Crippen LogP contribution in [0.2, 0.25) is 0 Å². The molecule has 0 aliphatic rings. The highest BCUT2D eigenvalue weighted by atomic mass is 16.1. The van der Waals surface area contributed by atoms with E-state index in [0.29, 0.717) is 12.1 Å². The predicted molar refractivity (Wildman–Crippen MR) is 122 cm³/mol. The standard InChI is InChI=1S/C25H26N4O/c1-29(2)16-6-15-26-25(30)20-13-11-19(12-14-20)23-17-24(28-27-23)22-10-5-8-18-7-3-4-9-21(18)22/h3-5,7-14,17H,6,15-16H2,1-2H3,(H,26,30)(H,27,28). The summed E-state index contributed by atoms with van der Waals surface area (Å²) in [6.45, 7) is 1.63. The Labute approximate surface area is 176 Å². The first-order chi connectivity index (χ1) is 14.6. The van der Waals surface area contributed by atoms with Crippen molar-refractivity contribution in [3.8, 4) is 22.5 Å². The number of nitrogens with one attached hydrogen (secondary N) is 2. The molecule has 30 heavy (non-hydrogen) atoms. The topological polar surface area (TPSA) is 61.0 Å². The van der Waals surface area contributed by atoms with Gasteiger partial charge in [-0.15, -0.1) is 0 Å². The Bertz CT molecular complexity index is 1140. The van der Waals surface area contributed by atoms with Crippen LogP contribution >= 0.6 is 0 Å². The molecule has 4 rings (SSSR count). The molecule has 5 heteroatoms. The normalized spacial score (nSPS) is 11.2. The summed E-state index contributed by atoms with van der Waals surface area (Å²) < 4.78 is 0. The number of hydrogen-bond donors (Lipinski definition) is 2. The molecule has 1 heterocycles. The molecular formula is C25H26N4O. The van der Waals surface area contributed by atoms with Gasteiger partial charge in [-0.05, 0) is 56.0 Å². The Hall–Kier alpha value is -3.44. The highest BCUT2D eigenvalue weighted by molar-refractivity contribution is 5.96. The van der Waals surface area contributed by atoms with Crippen LogP contribution in [0.1, 0.15) is 16.8 Å². The fourth-order valence-corrected chi connectivity index (χ4v) is 3.56. The first-order valence-corrected chi connectivity index (χ1v) is 10.2. The van der Waals surface area contributed by atoms with Crippen LogP contribution in [0, 0.1) is 0 Å². The average Bonchev–Trinajstić information content (AvgIpc) is 3.26. The highest BCUT2D eigenvalue weighted by Gasteiger charge is 2.10. The average molecular weight is 399 g/mol. The van der Waals surface area contributed by atoms with Crippen LogP contribution < -0.4 is 5.32 Å². The lowest BCUT2D eigenvalue weighted by Crippen LogP contribution is -2.27. The van der Waals surface area contributed by atoms with Crippen molar-refractivity contribution in [1.82, 2.24) is 20.4 Å². The molecule has 0 fully saturated rings. The maximum atomic E-state index is 12.3. The van der Waals surface area contributed by atoms with E-state index in [9.17, 15) is 4.79 Å². The van der Waals surface area contributed by atoms with E-state index in [-0.39, 0.29) is 5.91 Å². The van der Waals surface area contributed by atoms with E-state index in [1.807, 2.05) is 50.5 Å². The van der Waals surface area contributed by atoms with E-state index in [0.717, 1.165) is 35.5 Å². The van der Waals surface area contributed by atoms with Gasteiger partial charge >= 0.3 is 0 Å². The number of benzene rings is 3. The van der Waals surface area contributed by atoms with Crippen LogP contribution in [0.5, 0.6) is 0 Å². The van der Waals surface area contributed by atoms with Gasteiger partial charge < -0.3 is 10.2 Å². The van der Waals surface area contributed by atoms with Crippen LogP contribution in [0.15, 0.2) is 72.8 Å². The highest BCUT2D eigenvalue weighted by Crippen LogP contribution is 2.29. The SMILES string of the molecule is CN(C)CCCNC(=O)c1ccc(-c2cc(-c3cccc4ccccc34)[nH]n2)cc1. The third-order valence-corrected chi connectivity index (χ3v) is 5.17. The largest absolute Gasteiger partial charge is 0.352 e. The number of fused-ring (bicyclic) bond motifs is 1. The first kappa shape index (κ1) is 19.9. The summed E-state index contributed by atoms with van der Waals surface area (Å²) >= 11 is 0. The van der Waals surface area contributed by atoms with Gasteiger partial charge in [0.25, 0.3) is 5.91 Å². The van der Waals surface area contributed by atoms with Crippen molar-refractivity contribution in [1.29, 1.82) is 0 Å². The van der Waals surface area contributed by atoms with Gasteiger partial charge in [0.05, 0.1) is 11.4 Å². The minimum absolute atomic E-state index is 0.0428. The molecule has 1 amide bonds. The van der Waals surface area contributed by atoms with E-state index in [1.165, 1.54) is 10.8 Å². The van der Waals surface area contributed by atoms with Gasteiger partial charge in [0.2, 0.25) is 0 Å². The van der Waals surface area contributed by atoms with Gasteiger partial charge in [-0.1, -0.05) is 54.6 Å². The minimum atomic E-state index is -0.0428. The third-order valence-electron chi connectivity index (χ3n) is 5.17.